The molecule has 6 heteroatoms. The number of amides is 1. The van der Waals surface area contributed by atoms with Crippen LogP contribution in [-0.2, 0) is 4.79 Å². The van der Waals surface area contributed by atoms with Crippen LogP contribution in [0.5, 0.6) is 5.75 Å². The molecule has 1 aliphatic rings. The largest absolute Gasteiger partial charge is 0.488 e. The number of benzene rings is 2. The lowest BCUT2D eigenvalue weighted by Gasteiger charge is -2.40. The van der Waals surface area contributed by atoms with Gasteiger partial charge in [0.25, 0.3) is 0 Å². The second kappa shape index (κ2) is 8.32. The summed E-state index contributed by atoms with van der Waals surface area (Å²) in [6.07, 6.45) is 1.19. The molecule has 1 amide bonds. The highest BCUT2D eigenvalue weighted by Crippen LogP contribution is 2.25. The van der Waals surface area contributed by atoms with E-state index in [0.717, 1.165) is 16.6 Å². The summed E-state index contributed by atoms with van der Waals surface area (Å²) in [5.41, 5.74) is 0.962. The van der Waals surface area contributed by atoms with Gasteiger partial charge < -0.3 is 20.1 Å². The summed E-state index contributed by atoms with van der Waals surface area (Å²) in [4.78, 5) is 19.1. The van der Waals surface area contributed by atoms with Gasteiger partial charge in [0.05, 0.1) is 12.1 Å². The van der Waals surface area contributed by atoms with Gasteiger partial charge in [-0.25, -0.2) is 0 Å². The van der Waals surface area contributed by atoms with Crippen molar-refractivity contribution in [1.29, 1.82) is 0 Å². The van der Waals surface area contributed by atoms with Gasteiger partial charge in [-0.3, -0.25) is 9.78 Å². The number of nitrogens with zero attached hydrogens (tertiary/aromatic N) is 2. The average molecular weight is 405 g/mol. The van der Waals surface area contributed by atoms with E-state index in [1.54, 1.807) is 11.1 Å². The Bertz CT molecular complexity index is 1020. The molecule has 4 rings (SSSR count). The van der Waals surface area contributed by atoms with Crippen LogP contribution in [0, 0.1) is 0 Å². The molecular formula is C24H27N3O3. The van der Waals surface area contributed by atoms with Gasteiger partial charge in [-0.2, -0.15) is 0 Å². The van der Waals surface area contributed by atoms with Gasteiger partial charge >= 0.3 is 0 Å². The van der Waals surface area contributed by atoms with Crippen LogP contribution in [0.1, 0.15) is 20.3 Å². The summed E-state index contributed by atoms with van der Waals surface area (Å²) in [5, 5.41) is 15.0. The van der Waals surface area contributed by atoms with E-state index in [-0.39, 0.29) is 18.6 Å². The minimum absolute atomic E-state index is 0.0428. The third-order valence-electron chi connectivity index (χ3n) is 5.44. The Hall–Kier alpha value is -3.12. The molecular weight excluding hydrogens is 378 g/mol. The molecule has 2 aromatic carbocycles. The Morgan fingerprint density at radius 1 is 1.17 bits per heavy atom. The molecule has 1 fully saturated rings. The fourth-order valence-electron chi connectivity index (χ4n) is 3.86. The summed E-state index contributed by atoms with van der Waals surface area (Å²) in [6, 6.07) is 19.3. The van der Waals surface area contributed by atoms with Crippen molar-refractivity contribution in [2.24, 2.45) is 0 Å². The highest BCUT2D eigenvalue weighted by Gasteiger charge is 2.37. The van der Waals surface area contributed by atoms with Gasteiger partial charge in [-0.05, 0) is 44.2 Å². The van der Waals surface area contributed by atoms with Crippen LogP contribution >= 0.6 is 0 Å². The molecule has 0 bridgehead atoms. The minimum atomic E-state index is -0.779. The molecule has 156 valence electrons. The molecule has 1 saturated heterocycles. The van der Waals surface area contributed by atoms with E-state index in [0.29, 0.717) is 18.7 Å². The zero-order chi connectivity index (χ0) is 21.1. The first kappa shape index (κ1) is 20.2. The second-order valence-electron chi connectivity index (χ2n) is 8.24. The molecule has 2 N–H and O–H groups in total. The number of carbonyl (C=O) groups excluding carboxylic acids is 1. The van der Waals surface area contributed by atoms with Gasteiger partial charge in [0, 0.05) is 36.3 Å². The predicted octanol–water partition coefficient (Wildman–Crippen LogP) is 3.47. The highest BCUT2D eigenvalue weighted by atomic mass is 16.5. The van der Waals surface area contributed by atoms with E-state index >= 15 is 0 Å². The fraction of sp³-hybridized carbons (Fsp3) is 0.333. The highest BCUT2D eigenvalue weighted by molar-refractivity contribution is 5.88. The number of anilines is 1. The van der Waals surface area contributed by atoms with E-state index in [1.807, 2.05) is 74.5 Å². The van der Waals surface area contributed by atoms with Gasteiger partial charge in [0.15, 0.2) is 0 Å². The number of likely N-dealkylation sites (tertiary alicyclic amines) is 1. The maximum absolute atomic E-state index is 13.1. The molecule has 0 unspecified atom stereocenters. The number of β-amino-alcohol motifs (C(OH)–C–C–N with tert-alkyl or cyclic N) is 1. The van der Waals surface area contributed by atoms with Gasteiger partial charge in [-0.15, -0.1) is 0 Å². The van der Waals surface area contributed by atoms with Gasteiger partial charge in [0.1, 0.15) is 23.5 Å². The predicted molar refractivity (Wildman–Crippen MR) is 118 cm³/mol. The van der Waals surface area contributed by atoms with E-state index < -0.39 is 11.6 Å². The van der Waals surface area contributed by atoms with Crippen LogP contribution in [0.15, 0.2) is 66.9 Å². The van der Waals surface area contributed by atoms with Crippen LogP contribution in [0.3, 0.4) is 0 Å². The molecule has 2 atom stereocenters. The van der Waals surface area contributed by atoms with Gasteiger partial charge in [0.2, 0.25) is 5.91 Å². The normalized spacial score (nSPS) is 19.5. The molecule has 30 heavy (non-hydrogen) atoms. The van der Waals surface area contributed by atoms with E-state index in [1.165, 1.54) is 0 Å². The molecule has 0 spiro atoms. The number of para-hydroxylation sites is 1. The quantitative estimate of drug-likeness (QED) is 0.680. The summed E-state index contributed by atoms with van der Waals surface area (Å²) < 4.78 is 6.04. The number of rotatable bonds is 5. The third kappa shape index (κ3) is 4.39. The third-order valence-corrected chi connectivity index (χ3v) is 5.44. The number of carbonyl (C=O) groups is 1. The number of aliphatic hydroxyl groups is 1. The zero-order valence-electron chi connectivity index (χ0n) is 17.3. The molecule has 0 radical (unpaired) electrons. The van der Waals surface area contributed by atoms with Crippen LogP contribution in [-0.4, -0.2) is 51.7 Å². The number of pyridine rings is 1. The first-order valence-electron chi connectivity index (χ1n) is 10.2. The molecule has 0 aliphatic carbocycles. The smallest absolute Gasteiger partial charge is 0.247 e. The summed E-state index contributed by atoms with van der Waals surface area (Å²) in [5.74, 6) is 0.634. The van der Waals surface area contributed by atoms with Crippen molar-refractivity contribution in [3.05, 3.63) is 66.9 Å². The Morgan fingerprint density at radius 2 is 1.97 bits per heavy atom. The number of piperidine rings is 1. The first-order chi connectivity index (χ1) is 14.4. The topological polar surface area (TPSA) is 74.7 Å². The monoisotopic (exact) mass is 405 g/mol. The summed E-state index contributed by atoms with van der Waals surface area (Å²) in [7, 11) is 0. The lowest BCUT2D eigenvalue weighted by Crippen LogP contribution is -2.57. The lowest BCUT2D eigenvalue weighted by atomic mass is 9.98. The standard InChI is InChI=1S/C24H27N3O3/c1-24(2,26-18-8-4-3-5-9-18)23(29)27-14-12-22(21(28)16-27)30-19-11-10-17-7-6-13-25-20(17)15-19/h3-11,13,15,21-22,26,28H,12,14,16H2,1-2H3/t21-,22-/m1/s1. The molecule has 6 nitrogen and oxygen atoms in total. The number of aromatic nitrogens is 1. The zero-order valence-corrected chi connectivity index (χ0v) is 17.3. The van der Waals surface area contributed by atoms with Crippen LogP contribution in [0.25, 0.3) is 10.9 Å². The van der Waals surface area contributed by atoms with Crippen molar-refractivity contribution in [2.75, 3.05) is 18.4 Å². The molecule has 0 saturated carbocycles. The Balaban J connectivity index is 1.38. The Morgan fingerprint density at radius 3 is 2.73 bits per heavy atom. The van der Waals surface area contributed by atoms with E-state index in [4.69, 9.17) is 4.74 Å². The lowest BCUT2D eigenvalue weighted by molar-refractivity contribution is -0.140. The molecule has 2 heterocycles. The van der Waals surface area contributed by atoms with Crippen LogP contribution in [0.2, 0.25) is 0 Å². The van der Waals surface area contributed by atoms with Crippen LogP contribution < -0.4 is 10.1 Å². The van der Waals surface area contributed by atoms with Crippen molar-refractivity contribution in [2.45, 2.75) is 38.0 Å². The Labute approximate surface area is 176 Å². The number of ether oxygens (including phenoxy) is 1. The van der Waals surface area contributed by atoms with Crippen molar-refractivity contribution in [1.82, 2.24) is 9.88 Å². The van der Waals surface area contributed by atoms with Crippen molar-refractivity contribution >= 4 is 22.5 Å². The summed E-state index contributed by atoms with van der Waals surface area (Å²) >= 11 is 0. The number of nitrogens with one attached hydrogen (secondary N) is 1. The molecule has 1 aromatic heterocycles. The maximum atomic E-state index is 13.1. The average Bonchev–Trinajstić information content (AvgIpc) is 2.75. The fourth-order valence-corrected chi connectivity index (χ4v) is 3.86. The molecule has 1 aliphatic heterocycles. The first-order valence-corrected chi connectivity index (χ1v) is 10.2. The van der Waals surface area contributed by atoms with E-state index in [9.17, 15) is 9.90 Å². The summed E-state index contributed by atoms with van der Waals surface area (Å²) in [6.45, 7) is 4.50. The number of hydrogen-bond donors (Lipinski definition) is 2. The van der Waals surface area contributed by atoms with Crippen LogP contribution in [0.4, 0.5) is 5.69 Å². The number of hydrogen-bond acceptors (Lipinski definition) is 5. The maximum Gasteiger partial charge on any atom is 0.247 e. The number of fused-ring (bicyclic) bond motifs is 1. The van der Waals surface area contributed by atoms with Crippen molar-refractivity contribution in [3.8, 4) is 5.75 Å². The molecule has 3 aromatic rings. The van der Waals surface area contributed by atoms with Crippen molar-refractivity contribution in [3.63, 3.8) is 0 Å². The minimum Gasteiger partial charge on any atom is -0.488 e. The second-order valence-corrected chi connectivity index (χ2v) is 8.24. The van der Waals surface area contributed by atoms with Gasteiger partial charge in [-0.1, -0.05) is 24.3 Å². The SMILES string of the molecule is CC(C)(Nc1ccccc1)C(=O)N1CC[C@@H](Oc2ccc3cccnc3c2)[C@H](O)C1. The van der Waals surface area contributed by atoms with E-state index in [2.05, 4.69) is 10.3 Å². The van der Waals surface area contributed by atoms with Crippen molar-refractivity contribution < 1.29 is 14.6 Å². The Kier molecular flexibility index (Phi) is 5.59. The number of aliphatic hydroxyl groups excluding tert-OH is 1.